The summed E-state index contributed by atoms with van der Waals surface area (Å²) in [7, 11) is 3.21. The number of nitrogens with zero attached hydrogens (tertiary/aromatic N) is 3. The van der Waals surface area contributed by atoms with Crippen molar-refractivity contribution in [2.24, 2.45) is 11.8 Å². The van der Waals surface area contributed by atoms with Gasteiger partial charge >= 0.3 is 0 Å². The van der Waals surface area contributed by atoms with Crippen LogP contribution in [-0.2, 0) is 20.9 Å². The first-order valence-corrected chi connectivity index (χ1v) is 14.2. The van der Waals surface area contributed by atoms with Crippen molar-refractivity contribution in [1.29, 1.82) is 0 Å². The molecule has 0 aromatic carbocycles. The Balaban J connectivity index is 2.22. The van der Waals surface area contributed by atoms with Crippen LogP contribution in [0.25, 0.3) is 0 Å². The van der Waals surface area contributed by atoms with E-state index in [1.165, 1.54) is 22.7 Å². The van der Waals surface area contributed by atoms with Crippen molar-refractivity contribution in [2.75, 3.05) is 26.4 Å². The number of rotatable bonds is 14. The Labute approximate surface area is 224 Å². The van der Waals surface area contributed by atoms with Crippen molar-refractivity contribution in [3.05, 3.63) is 11.1 Å². The Morgan fingerprint density at radius 1 is 1.14 bits per heavy atom. The molecule has 1 aromatic heterocycles. The number of nitrogen functional groups attached to an aromatic ring is 1. The first kappa shape index (κ1) is 31.0. The zero-order valence-corrected chi connectivity index (χ0v) is 23.5. The quantitative estimate of drug-likeness (QED) is 0.283. The van der Waals surface area contributed by atoms with Gasteiger partial charge in [0.05, 0.1) is 30.9 Å². The first-order valence-electron chi connectivity index (χ1n) is 13.3. The molecule has 2 rings (SSSR count). The van der Waals surface area contributed by atoms with Gasteiger partial charge in [-0.05, 0) is 24.7 Å². The molecule has 0 bridgehead atoms. The van der Waals surface area contributed by atoms with Gasteiger partial charge in [-0.3, -0.25) is 14.4 Å². The van der Waals surface area contributed by atoms with Crippen LogP contribution < -0.4 is 11.1 Å². The number of nitrogens with one attached hydrogen (secondary N) is 1. The predicted molar refractivity (Wildman–Crippen MR) is 144 cm³/mol. The molecule has 0 aliphatic heterocycles. The molecule has 10 nitrogen and oxygen atoms in total. The van der Waals surface area contributed by atoms with E-state index in [0.717, 1.165) is 25.7 Å². The van der Waals surface area contributed by atoms with Gasteiger partial charge in [0.1, 0.15) is 6.10 Å². The highest BCUT2D eigenvalue weighted by atomic mass is 32.1. The molecular weight excluding hydrogens is 494 g/mol. The molecule has 11 heteroatoms. The fourth-order valence-corrected chi connectivity index (χ4v) is 5.39. The Hall–Kier alpha value is -2.24. The van der Waals surface area contributed by atoms with E-state index >= 15 is 0 Å². The number of aromatic nitrogens is 1. The molecule has 37 heavy (non-hydrogen) atoms. The lowest BCUT2D eigenvalue weighted by atomic mass is 9.81. The number of anilines is 1. The van der Waals surface area contributed by atoms with E-state index in [2.05, 4.69) is 10.3 Å². The van der Waals surface area contributed by atoms with Gasteiger partial charge < -0.3 is 31.1 Å². The Morgan fingerprint density at radius 2 is 1.81 bits per heavy atom. The smallest absolute Gasteiger partial charge is 0.241 e. The highest BCUT2D eigenvalue weighted by Gasteiger charge is 2.36. The second-order valence-corrected chi connectivity index (χ2v) is 11.6. The number of carbonyl (C=O) groups excluding carboxylic acids is 3. The minimum absolute atomic E-state index is 0.0873. The summed E-state index contributed by atoms with van der Waals surface area (Å²) >= 11 is 1.28. The number of thiazole rings is 1. The molecule has 3 amide bonds. The Kier molecular flexibility index (Phi) is 12.8. The average Bonchev–Trinajstić information content (AvgIpc) is 3.27. The summed E-state index contributed by atoms with van der Waals surface area (Å²) in [6, 6.07) is -0.620. The molecule has 1 aromatic rings. The fourth-order valence-electron chi connectivity index (χ4n) is 4.84. The number of nitrogens with two attached hydrogens (primary N) is 1. The molecule has 3 atom stereocenters. The average molecular weight is 540 g/mol. The summed E-state index contributed by atoms with van der Waals surface area (Å²) in [5.41, 5.74) is 6.43. The Bertz CT molecular complexity index is 871. The maximum Gasteiger partial charge on any atom is 0.241 e. The molecule has 1 heterocycles. The van der Waals surface area contributed by atoms with Crippen LogP contribution in [-0.4, -0.2) is 81.6 Å². The lowest BCUT2D eigenvalue weighted by Crippen LogP contribution is -2.52. The van der Waals surface area contributed by atoms with Crippen LogP contribution in [0.4, 0.5) is 5.13 Å². The number of aliphatic hydroxyl groups is 2. The molecule has 1 aliphatic carbocycles. The third kappa shape index (κ3) is 10.6. The molecule has 1 fully saturated rings. The second-order valence-electron chi connectivity index (χ2n) is 10.8. The van der Waals surface area contributed by atoms with Crippen LogP contribution in [0.5, 0.6) is 0 Å². The molecule has 0 unspecified atom stereocenters. The number of amides is 3. The van der Waals surface area contributed by atoms with E-state index < -0.39 is 24.2 Å². The predicted octanol–water partition coefficient (Wildman–Crippen LogP) is 2.15. The van der Waals surface area contributed by atoms with Gasteiger partial charge in [0.2, 0.25) is 17.7 Å². The van der Waals surface area contributed by atoms with Crippen molar-refractivity contribution < 1.29 is 24.6 Å². The van der Waals surface area contributed by atoms with E-state index in [-0.39, 0.29) is 43.7 Å². The van der Waals surface area contributed by atoms with Gasteiger partial charge in [-0.15, -0.1) is 11.3 Å². The van der Waals surface area contributed by atoms with Crippen LogP contribution in [0, 0.1) is 11.8 Å². The highest BCUT2D eigenvalue weighted by molar-refractivity contribution is 7.13. The van der Waals surface area contributed by atoms with Gasteiger partial charge in [0, 0.05) is 32.3 Å². The van der Waals surface area contributed by atoms with E-state index in [1.54, 1.807) is 24.4 Å². The summed E-state index contributed by atoms with van der Waals surface area (Å²) < 4.78 is 0. The molecular formula is C26H45N5O5S. The summed E-state index contributed by atoms with van der Waals surface area (Å²) in [4.78, 5) is 44.9. The van der Waals surface area contributed by atoms with Gasteiger partial charge in [-0.1, -0.05) is 46.0 Å². The van der Waals surface area contributed by atoms with Gasteiger partial charge in [-0.2, -0.15) is 0 Å². The van der Waals surface area contributed by atoms with Crippen LogP contribution in [0.2, 0.25) is 0 Å². The van der Waals surface area contributed by atoms with Crippen molar-refractivity contribution >= 4 is 34.2 Å². The zero-order valence-electron chi connectivity index (χ0n) is 22.7. The van der Waals surface area contributed by atoms with Gasteiger partial charge in [-0.25, -0.2) is 4.98 Å². The first-order chi connectivity index (χ1) is 17.5. The summed E-state index contributed by atoms with van der Waals surface area (Å²) in [5, 5.41) is 26.9. The number of likely N-dealkylation sites (N-methyl/N-ethyl adjacent to an activating group) is 1. The molecule has 0 spiro atoms. The number of aliphatic hydroxyl groups excluding tert-OH is 2. The van der Waals surface area contributed by atoms with Crippen LogP contribution in [0.15, 0.2) is 5.38 Å². The summed E-state index contributed by atoms with van der Waals surface area (Å²) in [6.07, 6.45) is 4.17. The lowest BCUT2D eigenvalue weighted by Gasteiger charge is -2.39. The molecule has 1 aliphatic rings. The maximum atomic E-state index is 13.6. The van der Waals surface area contributed by atoms with E-state index in [9.17, 15) is 24.6 Å². The molecule has 5 N–H and O–H groups in total. The third-order valence-corrected chi connectivity index (χ3v) is 7.65. The minimum atomic E-state index is -1.13. The van der Waals surface area contributed by atoms with Crippen LogP contribution in [0.3, 0.4) is 0 Å². The monoisotopic (exact) mass is 539 g/mol. The van der Waals surface area contributed by atoms with Crippen molar-refractivity contribution in [2.45, 2.75) is 96.4 Å². The molecule has 0 radical (unpaired) electrons. The SMILES string of the molecule is CC(C)C[C@H](O)[C@H](O)[C@H](CC1CCCCC1)N(Cc1csc(N)n1)C(=O)CCC(=O)NCC(=O)N(C)C. The Morgan fingerprint density at radius 3 is 2.38 bits per heavy atom. The normalized spacial score (nSPS) is 16.7. The molecule has 1 saturated carbocycles. The lowest BCUT2D eigenvalue weighted by molar-refractivity contribution is -0.142. The van der Waals surface area contributed by atoms with E-state index in [4.69, 9.17) is 5.73 Å². The second kappa shape index (κ2) is 15.2. The van der Waals surface area contributed by atoms with Gasteiger partial charge in [0.25, 0.3) is 0 Å². The minimum Gasteiger partial charge on any atom is -0.390 e. The molecule has 210 valence electrons. The number of carbonyl (C=O) groups is 3. The fraction of sp³-hybridized carbons (Fsp3) is 0.769. The van der Waals surface area contributed by atoms with Crippen molar-refractivity contribution in [3.63, 3.8) is 0 Å². The highest BCUT2D eigenvalue weighted by Crippen LogP contribution is 2.32. The maximum absolute atomic E-state index is 13.6. The van der Waals surface area contributed by atoms with E-state index in [1.807, 2.05) is 13.8 Å². The largest absolute Gasteiger partial charge is 0.390 e. The van der Waals surface area contributed by atoms with Crippen LogP contribution in [0.1, 0.15) is 77.3 Å². The molecule has 0 saturated heterocycles. The van der Waals surface area contributed by atoms with Crippen LogP contribution >= 0.6 is 11.3 Å². The number of hydrogen-bond donors (Lipinski definition) is 4. The standard InChI is InChI=1S/C26H45N5O5S/c1-17(2)12-21(32)25(36)20(13-18-8-6-5-7-9-18)31(15-19-16-37-26(27)29-19)23(34)11-10-22(33)28-14-24(35)30(3)4/h16-18,20-21,25,32,36H,5-15H2,1-4H3,(H2,27,29)(H,28,33)/t20-,21-,25+/m0/s1. The topological polar surface area (TPSA) is 149 Å². The summed E-state index contributed by atoms with van der Waals surface area (Å²) in [6.45, 7) is 3.96. The van der Waals surface area contributed by atoms with Gasteiger partial charge in [0.15, 0.2) is 5.13 Å². The van der Waals surface area contributed by atoms with Crippen molar-refractivity contribution in [1.82, 2.24) is 20.1 Å². The third-order valence-electron chi connectivity index (χ3n) is 6.92. The van der Waals surface area contributed by atoms with Crippen molar-refractivity contribution in [3.8, 4) is 0 Å². The van der Waals surface area contributed by atoms with E-state index in [0.29, 0.717) is 29.6 Å². The summed E-state index contributed by atoms with van der Waals surface area (Å²) in [5.74, 6) is -0.424. The number of hydrogen-bond acceptors (Lipinski definition) is 8. The zero-order chi connectivity index (χ0) is 27.5.